The molecule has 8 nitrogen and oxygen atoms in total. The highest BCUT2D eigenvalue weighted by Gasteiger charge is 2.37. The van der Waals surface area contributed by atoms with Gasteiger partial charge >= 0.3 is 12.4 Å². The topological polar surface area (TPSA) is 112 Å². The third-order valence-corrected chi connectivity index (χ3v) is 5.91. The van der Waals surface area contributed by atoms with Gasteiger partial charge in [-0.25, -0.2) is 9.97 Å². The molecule has 0 atom stereocenters. The normalized spacial score (nSPS) is 12.1. The SMILES string of the molecule is O=[N+]([O-])c1cnc(SCCCCSc2ncc([N+](=O)[O-])cc2C(F)(F)F)c(C(F)(F)F)c1. The van der Waals surface area contributed by atoms with Gasteiger partial charge in [0, 0.05) is 12.1 Å². The summed E-state index contributed by atoms with van der Waals surface area (Å²) in [6.07, 6.45) is -7.64. The van der Waals surface area contributed by atoms with Crippen molar-refractivity contribution in [1.29, 1.82) is 0 Å². The molecule has 2 aromatic heterocycles. The lowest BCUT2D eigenvalue weighted by Crippen LogP contribution is -2.09. The zero-order valence-corrected chi connectivity index (χ0v) is 17.3. The van der Waals surface area contributed by atoms with Crippen LogP contribution >= 0.6 is 23.5 Å². The number of aromatic nitrogens is 2. The van der Waals surface area contributed by atoms with Crippen LogP contribution in [0.5, 0.6) is 0 Å². The predicted molar refractivity (Wildman–Crippen MR) is 102 cm³/mol. The average molecular weight is 502 g/mol. The van der Waals surface area contributed by atoms with Crippen molar-refractivity contribution in [3.05, 3.63) is 55.9 Å². The minimum Gasteiger partial charge on any atom is -0.258 e. The first-order valence-electron chi connectivity index (χ1n) is 8.49. The zero-order valence-electron chi connectivity index (χ0n) is 15.6. The van der Waals surface area contributed by atoms with E-state index in [1.54, 1.807) is 0 Å². The molecule has 0 amide bonds. The Kier molecular flexibility index (Phi) is 8.28. The van der Waals surface area contributed by atoms with Crippen molar-refractivity contribution in [2.24, 2.45) is 0 Å². The van der Waals surface area contributed by atoms with Crippen LogP contribution in [0.1, 0.15) is 24.0 Å². The van der Waals surface area contributed by atoms with E-state index in [1.807, 2.05) is 0 Å². The molecule has 0 spiro atoms. The van der Waals surface area contributed by atoms with Gasteiger partial charge in [0.15, 0.2) is 0 Å². The van der Waals surface area contributed by atoms with Crippen LogP contribution in [-0.2, 0) is 12.4 Å². The molecule has 2 heterocycles. The van der Waals surface area contributed by atoms with E-state index in [0.717, 1.165) is 23.5 Å². The quantitative estimate of drug-likeness (QED) is 0.135. The summed E-state index contributed by atoms with van der Waals surface area (Å²) >= 11 is 1.44. The number of rotatable bonds is 9. The number of alkyl halides is 6. The molecule has 0 fully saturated rings. The Morgan fingerprint density at radius 1 is 0.750 bits per heavy atom. The number of unbranched alkanes of at least 4 members (excludes halogenated alkanes) is 1. The number of halogens is 6. The largest absolute Gasteiger partial charge is 0.419 e. The number of nitrogens with zero attached hydrogens (tertiary/aromatic N) is 4. The first-order chi connectivity index (χ1) is 14.8. The Labute approximate surface area is 184 Å². The van der Waals surface area contributed by atoms with Crippen molar-refractivity contribution in [3.63, 3.8) is 0 Å². The molecule has 2 rings (SSSR count). The fourth-order valence-electron chi connectivity index (χ4n) is 2.26. The first kappa shape index (κ1) is 25.6. The minimum absolute atomic E-state index is 0.133. The maximum absolute atomic E-state index is 13.1. The lowest BCUT2D eigenvalue weighted by molar-refractivity contribution is -0.385. The van der Waals surface area contributed by atoms with E-state index in [2.05, 4.69) is 9.97 Å². The van der Waals surface area contributed by atoms with Gasteiger partial charge in [0.1, 0.15) is 22.4 Å². The standard InChI is InChI=1S/C16H12F6N4O4S2/c17-15(18,19)11-5-9(25(27)28)7-23-13(11)31-3-1-2-4-32-14-12(16(20,21)22)6-10(8-24-14)26(29)30/h5-8H,1-4H2. The molecular weight excluding hydrogens is 490 g/mol. The summed E-state index contributed by atoms with van der Waals surface area (Å²) in [5.74, 6) is 0.266. The van der Waals surface area contributed by atoms with E-state index >= 15 is 0 Å². The highest BCUT2D eigenvalue weighted by atomic mass is 32.2. The van der Waals surface area contributed by atoms with Gasteiger partial charge in [0.05, 0.1) is 21.0 Å². The summed E-state index contributed by atoms with van der Waals surface area (Å²) in [6.45, 7) is 0. The maximum Gasteiger partial charge on any atom is 0.419 e. The number of hydrogen-bond acceptors (Lipinski definition) is 8. The Balaban J connectivity index is 1.95. The molecule has 32 heavy (non-hydrogen) atoms. The molecule has 0 aromatic carbocycles. The van der Waals surface area contributed by atoms with E-state index in [4.69, 9.17) is 0 Å². The highest BCUT2D eigenvalue weighted by molar-refractivity contribution is 7.99. The second kappa shape index (κ2) is 10.3. The van der Waals surface area contributed by atoms with Crippen molar-refractivity contribution in [3.8, 4) is 0 Å². The summed E-state index contributed by atoms with van der Waals surface area (Å²) in [5.41, 5.74) is -4.07. The maximum atomic E-state index is 13.1. The summed E-state index contributed by atoms with van der Waals surface area (Å²) in [7, 11) is 0. The lowest BCUT2D eigenvalue weighted by atomic mass is 10.2. The molecule has 0 N–H and O–H groups in total. The van der Waals surface area contributed by atoms with Crippen LogP contribution < -0.4 is 0 Å². The van der Waals surface area contributed by atoms with Crippen LogP contribution in [0.15, 0.2) is 34.6 Å². The van der Waals surface area contributed by atoms with Gasteiger partial charge in [-0.05, 0) is 24.3 Å². The molecule has 0 radical (unpaired) electrons. The Morgan fingerprint density at radius 2 is 1.09 bits per heavy atom. The highest BCUT2D eigenvalue weighted by Crippen LogP contribution is 2.39. The van der Waals surface area contributed by atoms with Gasteiger partial charge < -0.3 is 0 Å². The van der Waals surface area contributed by atoms with Gasteiger partial charge in [-0.3, -0.25) is 20.2 Å². The molecule has 0 saturated heterocycles. The van der Waals surface area contributed by atoms with Crippen molar-refractivity contribution >= 4 is 34.9 Å². The van der Waals surface area contributed by atoms with E-state index in [9.17, 15) is 46.6 Å². The van der Waals surface area contributed by atoms with Gasteiger partial charge in [0.2, 0.25) is 0 Å². The molecule has 174 valence electrons. The number of hydrogen-bond donors (Lipinski definition) is 0. The van der Waals surface area contributed by atoms with Crippen molar-refractivity contribution in [1.82, 2.24) is 9.97 Å². The van der Waals surface area contributed by atoms with Crippen LogP contribution in [-0.4, -0.2) is 31.3 Å². The summed E-state index contributed by atoms with van der Waals surface area (Å²) in [4.78, 5) is 26.3. The lowest BCUT2D eigenvalue weighted by Gasteiger charge is -2.12. The fourth-order valence-corrected chi connectivity index (χ4v) is 4.26. The molecule has 0 aliphatic heterocycles. The van der Waals surface area contributed by atoms with Crippen LogP contribution in [0.2, 0.25) is 0 Å². The molecule has 0 aliphatic rings. The predicted octanol–water partition coefficient (Wildman–Crippen LogP) is 6.00. The van der Waals surface area contributed by atoms with Crippen molar-refractivity contribution < 1.29 is 36.2 Å². The van der Waals surface area contributed by atoms with Crippen LogP contribution in [0.4, 0.5) is 37.7 Å². The van der Waals surface area contributed by atoms with Crippen molar-refractivity contribution in [2.75, 3.05) is 11.5 Å². The molecule has 2 aromatic rings. The minimum atomic E-state index is -4.84. The van der Waals surface area contributed by atoms with Gasteiger partial charge in [-0.1, -0.05) is 0 Å². The van der Waals surface area contributed by atoms with E-state index in [-0.39, 0.29) is 11.5 Å². The fraction of sp³-hybridized carbons (Fsp3) is 0.375. The number of nitro groups is 2. The van der Waals surface area contributed by atoms with E-state index in [0.29, 0.717) is 37.4 Å². The molecule has 0 bridgehead atoms. The molecule has 16 heteroatoms. The van der Waals surface area contributed by atoms with E-state index < -0.39 is 54.8 Å². The smallest absolute Gasteiger partial charge is 0.258 e. The molecule has 0 unspecified atom stereocenters. The zero-order chi connectivity index (χ0) is 24.1. The van der Waals surface area contributed by atoms with E-state index in [1.165, 1.54) is 0 Å². The van der Waals surface area contributed by atoms with Crippen molar-refractivity contribution in [2.45, 2.75) is 35.2 Å². The molecule has 0 saturated carbocycles. The third kappa shape index (κ3) is 6.94. The Hall–Kier alpha value is -2.62. The van der Waals surface area contributed by atoms with Crippen LogP contribution in [0.25, 0.3) is 0 Å². The Morgan fingerprint density at radius 3 is 1.38 bits per heavy atom. The summed E-state index contributed by atoms with van der Waals surface area (Å²) < 4.78 is 78.6. The number of thioether (sulfide) groups is 2. The number of pyridine rings is 2. The monoisotopic (exact) mass is 502 g/mol. The summed E-state index contributed by atoms with van der Waals surface area (Å²) in [6, 6.07) is 0.786. The van der Waals surface area contributed by atoms with Crippen LogP contribution in [0, 0.1) is 20.2 Å². The van der Waals surface area contributed by atoms with Gasteiger partial charge in [0.25, 0.3) is 11.4 Å². The van der Waals surface area contributed by atoms with Crippen LogP contribution in [0.3, 0.4) is 0 Å². The first-order valence-corrected chi connectivity index (χ1v) is 10.5. The van der Waals surface area contributed by atoms with Gasteiger partial charge in [-0.15, -0.1) is 23.5 Å². The third-order valence-electron chi connectivity index (χ3n) is 3.72. The second-order valence-electron chi connectivity index (χ2n) is 6.01. The Bertz CT molecular complexity index is 924. The molecule has 0 aliphatic carbocycles. The average Bonchev–Trinajstić information content (AvgIpc) is 2.68. The van der Waals surface area contributed by atoms with Gasteiger partial charge in [-0.2, -0.15) is 26.3 Å². The summed E-state index contributed by atoms with van der Waals surface area (Å²) in [5, 5.41) is 20.4. The second-order valence-corrected chi connectivity index (χ2v) is 8.17. The molecular formula is C16H12F6N4O4S2.